The molecule has 0 radical (unpaired) electrons. The van der Waals surface area contributed by atoms with Crippen molar-refractivity contribution < 1.29 is 9.53 Å². The van der Waals surface area contributed by atoms with Crippen LogP contribution in [0, 0.1) is 5.92 Å². The maximum absolute atomic E-state index is 12.0. The van der Waals surface area contributed by atoms with Crippen LogP contribution in [-0.4, -0.2) is 41.2 Å². The van der Waals surface area contributed by atoms with Gasteiger partial charge in [-0.15, -0.1) is 0 Å². The van der Waals surface area contributed by atoms with Gasteiger partial charge in [0.2, 0.25) is 0 Å². The zero-order chi connectivity index (χ0) is 17.0. The number of nitrogens with one attached hydrogen (secondary N) is 1. The summed E-state index contributed by atoms with van der Waals surface area (Å²) >= 11 is 9.25. The van der Waals surface area contributed by atoms with Crippen LogP contribution in [0.2, 0.25) is 5.02 Å². The summed E-state index contributed by atoms with van der Waals surface area (Å²) < 4.78 is 6.05. The fourth-order valence-electron chi connectivity index (χ4n) is 2.41. The van der Waals surface area contributed by atoms with Crippen molar-refractivity contribution in [1.29, 1.82) is 0 Å². The number of halogens is 2. The number of hydrogen-bond donors (Lipinski definition) is 1. The molecule has 0 bridgehead atoms. The minimum Gasteiger partial charge on any atom is -0.444 e. The predicted molar refractivity (Wildman–Crippen MR) is 96.0 cm³/mol. The molecule has 7 heteroatoms. The van der Waals surface area contributed by atoms with E-state index >= 15 is 0 Å². The summed E-state index contributed by atoms with van der Waals surface area (Å²) in [7, 11) is 0. The number of carbonyl (C=O) groups is 1. The van der Waals surface area contributed by atoms with Crippen molar-refractivity contribution in [3.63, 3.8) is 0 Å². The van der Waals surface area contributed by atoms with Gasteiger partial charge in [0.1, 0.15) is 16.0 Å². The Bertz CT molecular complexity index is 555. The highest BCUT2D eigenvalue weighted by molar-refractivity contribution is 9.10. The van der Waals surface area contributed by atoms with Crippen molar-refractivity contribution in [2.45, 2.75) is 39.2 Å². The standard InChI is InChI=1S/C16H23BrClN3O2/c1-16(2,3)23-15(22)21-8-6-11(7-9-21)10-19-13-5-4-12(18)14(17)20-13/h4-5,11H,6-10H2,1-3H3,(H,19,20). The van der Waals surface area contributed by atoms with Gasteiger partial charge in [-0.2, -0.15) is 0 Å². The topological polar surface area (TPSA) is 54.5 Å². The number of carbonyl (C=O) groups excluding carboxylic acids is 1. The van der Waals surface area contributed by atoms with Crippen molar-refractivity contribution in [2.75, 3.05) is 25.0 Å². The Labute approximate surface area is 150 Å². The Morgan fingerprint density at radius 1 is 1.43 bits per heavy atom. The smallest absolute Gasteiger partial charge is 0.410 e. The first-order valence-corrected chi connectivity index (χ1v) is 8.95. The number of pyridine rings is 1. The van der Waals surface area contributed by atoms with E-state index in [1.165, 1.54) is 0 Å². The number of rotatable bonds is 3. The van der Waals surface area contributed by atoms with E-state index in [-0.39, 0.29) is 6.09 Å². The molecule has 0 aromatic carbocycles. The lowest BCUT2D eigenvalue weighted by atomic mass is 9.97. The van der Waals surface area contributed by atoms with Gasteiger partial charge in [0.15, 0.2) is 0 Å². The fraction of sp³-hybridized carbons (Fsp3) is 0.625. The van der Waals surface area contributed by atoms with E-state index in [0.29, 0.717) is 15.5 Å². The molecule has 1 aliphatic rings. The van der Waals surface area contributed by atoms with Crippen LogP contribution in [0.25, 0.3) is 0 Å². The highest BCUT2D eigenvalue weighted by atomic mass is 79.9. The molecule has 128 valence electrons. The molecule has 1 aliphatic heterocycles. The first-order chi connectivity index (χ1) is 10.7. The number of aromatic nitrogens is 1. The molecular weight excluding hydrogens is 382 g/mol. The number of nitrogens with zero attached hydrogens (tertiary/aromatic N) is 2. The second-order valence-electron chi connectivity index (χ2n) is 6.76. The third-order valence-corrected chi connectivity index (χ3v) is 4.78. The number of amides is 1. The monoisotopic (exact) mass is 403 g/mol. The van der Waals surface area contributed by atoms with Gasteiger partial charge in [0.05, 0.1) is 5.02 Å². The summed E-state index contributed by atoms with van der Waals surface area (Å²) in [6, 6.07) is 3.68. The van der Waals surface area contributed by atoms with Gasteiger partial charge in [0.25, 0.3) is 0 Å². The van der Waals surface area contributed by atoms with Crippen LogP contribution < -0.4 is 5.32 Å². The van der Waals surface area contributed by atoms with Crippen molar-refractivity contribution >= 4 is 39.4 Å². The summed E-state index contributed by atoms with van der Waals surface area (Å²) in [5, 5.41) is 3.93. The maximum atomic E-state index is 12.0. The summed E-state index contributed by atoms with van der Waals surface area (Å²) in [4.78, 5) is 18.1. The quantitative estimate of drug-likeness (QED) is 0.751. The average Bonchev–Trinajstić information content (AvgIpc) is 2.47. The molecule has 1 fully saturated rings. The second-order valence-corrected chi connectivity index (χ2v) is 7.92. The Morgan fingerprint density at radius 2 is 2.09 bits per heavy atom. The van der Waals surface area contributed by atoms with Crippen LogP contribution in [0.1, 0.15) is 33.6 Å². The molecule has 1 aromatic rings. The molecule has 1 amide bonds. The molecule has 1 saturated heterocycles. The van der Waals surface area contributed by atoms with E-state index in [1.54, 1.807) is 4.90 Å². The summed E-state index contributed by atoms with van der Waals surface area (Å²) in [5.41, 5.74) is -0.441. The summed E-state index contributed by atoms with van der Waals surface area (Å²) in [5.74, 6) is 1.32. The Morgan fingerprint density at radius 3 is 2.65 bits per heavy atom. The molecule has 5 nitrogen and oxygen atoms in total. The Kier molecular flexibility index (Phi) is 6.14. The zero-order valence-electron chi connectivity index (χ0n) is 13.7. The van der Waals surface area contributed by atoms with Crippen LogP contribution in [0.15, 0.2) is 16.7 Å². The predicted octanol–water partition coefficient (Wildman–Crippen LogP) is 4.56. The SMILES string of the molecule is CC(C)(C)OC(=O)N1CCC(CNc2ccc(Cl)c(Br)n2)CC1. The van der Waals surface area contributed by atoms with Crippen molar-refractivity contribution in [1.82, 2.24) is 9.88 Å². The second kappa shape index (κ2) is 7.71. The molecule has 23 heavy (non-hydrogen) atoms. The van der Waals surface area contributed by atoms with E-state index < -0.39 is 5.60 Å². The average molecular weight is 405 g/mol. The first-order valence-electron chi connectivity index (χ1n) is 7.78. The molecule has 1 N–H and O–H groups in total. The minimum absolute atomic E-state index is 0.216. The van der Waals surface area contributed by atoms with Crippen LogP contribution in [0.4, 0.5) is 10.6 Å². The lowest BCUT2D eigenvalue weighted by molar-refractivity contribution is 0.0188. The van der Waals surface area contributed by atoms with E-state index in [4.69, 9.17) is 16.3 Å². The molecule has 0 atom stereocenters. The van der Waals surface area contributed by atoms with Crippen LogP contribution in [0.3, 0.4) is 0 Å². The molecule has 0 aliphatic carbocycles. The number of piperidine rings is 1. The van der Waals surface area contributed by atoms with Gasteiger partial charge < -0.3 is 15.0 Å². The van der Waals surface area contributed by atoms with E-state index in [0.717, 1.165) is 38.3 Å². The lowest BCUT2D eigenvalue weighted by Crippen LogP contribution is -2.42. The number of likely N-dealkylation sites (tertiary alicyclic amines) is 1. The molecule has 0 spiro atoms. The Balaban J connectivity index is 1.76. The highest BCUT2D eigenvalue weighted by Crippen LogP contribution is 2.23. The number of hydrogen-bond acceptors (Lipinski definition) is 4. The van der Waals surface area contributed by atoms with Crippen LogP contribution in [-0.2, 0) is 4.74 Å². The zero-order valence-corrected chi connectivity index (χ0v) is 16.1. The Hall–Kier alpha value is -1.01. The molecule has 2 rings (SSSR count). The molecular formula is C16H23BrClN3O2. The van der Waals surface area contributed by atoms with Gasteiger partial charge in [-0.3, -0.25) is 0 Å². The van der Waals surface area contributed by atoms with Gasteiger partial charge in [-0.05, 0) is 67.6 Å². The largest absolute Gasteiger partial charge is 0.444 e. The summed E-state index contributed by atoms with van der Waals surface area (Å²) in [6.07, 6.45) is 1.70. The van der Waals surface area contributed by atoms with E-state index in [2.05, 4.69) is 26.2 Å². The van der Waals surface area contributed by atoms with Gasteiger partial charge in [0, 0.05) is 19.6 Å². The summed E-state index contributed by atoms with van der Waals surface area (Å²) in [6.45, 7) is 7.97. The van der Waals surface area contributed by atoms with Crippen LogP contribution in [0.5, 0.6) is 0 Å². The van der Waals surface area contributed by atoms with E-state index in [9.17, 15) is 4.79 Å². The first kappa shape index (κ1) is 18.3. The van der Waals surface area contributed by atoms with Gasteiger partial charge >= 0.3 is 6.09 Å². The van der Waals surface area contributed by atoms with Gasteiger partial charge in [-0.25, -0.2) is 9.78 Å². The van der Waals surface area contributed by atoms with Crippen molar-refractivity contribution in [3.8, 4) is 0 Å². The third kappa shape index (κ3) is 5.84. The molecule has 0 unspecified atom stereocenters. The fourth-order valence-corrected chi connectivity index (χ4v) is 2.84. The minimum atomic E-state index is -0.441. The normalized spacial score (nSPS) is 16.3. The van der Waals surface area contributed by atoms with Crippen LogP contribution >= 0.6 is 27.5 Å². The third-order valence-electron chi connectivity index (χ3n) is 3.64. The lowest BCUT2D eigenvalue weighted by Gasteiger charge is -2.33. The molecule has 2 heterocycles. The van der Waals surface area contributed by atoms with Crippen molar-refractivity contribution in [3.05, 3.63) is 21.8 Å². The van der Waals surface area contributed by atoms with Gasteiger partial charge in [-0.1, -0.05) is 11.6 Å². The van der Waals surface area contributed by atoms with E-state index in [1.807, 2.05) is 32.9 Å². The number of ether oxygens (including phenoxy) is 1. The number of anilines is 1. The highest BCUT2D eigenvalue weighted by Gasteiger charge is 2.26. The molecule has 0 saturated carbocycles. The molecule has 1 aromatic heterocycles. The van der Waals surface area contributed by atoms with Crippen molar-refractivity contribution in [2.24, 2.45) is 5.92 Å². The maximum Gasteiger partial charge on any atom is 0.410 e.